The maximum atomic E-state index is 5.95. The van der Waals surface area contributed by atoms with Crippen molar-refractivity contribution in [2.75, 3.05) is 0 Å². The number of aromatic nitrogens is 1. The van der Waals surface area contributed by atoms with E-state index in [1.54, 1.807) is 0 Å². The van der Waals surface area contributed by atoms with Gasteiger partial charge >= 0.3 is 0 Å². The summed E-state index contributed by atoms with van der Waals surface area (Å²) in [6, 6.07) is 9.81. The van der Waals surface area contributed by atoms with E-state index >= 15 is 0 Å². The van der Waals surface area contributed by atoms with Crippen molar-refractivity contribution in [1.29, 1.82) is 0 Å². The molecule has 18 heavy (non-hydrogen) atoms. The van der Waals surface area contributed by atoms with Gasteiger partial charge in [-0.25, -0.2) is 0 Å². The minimum atomic E-state index is 0.0947. The van der Waals surface area contributed by atoms with Crippen molar-refractivity contribution < 1.29 is 9.26 Å². The van der Waals surface area contributed by atoms with Crippen molar-refractivity contribution in [3.05, 3.63) is 47.3 Å². The second-order valence-corrected chi connectivity index (χ2v) is 4.30. The summed E-state index contributed by atoms with van der Waals surface area (Å²) < 4.78 is 10.6. The van der Waals surface area contributed by atoms with Gasteiger partial charge in [0.05, 0.1) is 0 Å². The Hall–Kier alpha value is -1.81. The van der Waals surface area contributed by atoms with Crippen LogP contribution in [0, 0.1) is 6.92 Å². The Morgan fingerprint density at radius 2 is 2.06 bits per heavy atom. The lowest BCUT2D eigenvalue weighted by atomic mass is 10.1. The van der Waals surface area contributed by atoms with Crippen molar-refractivity contribution in [1.82, 2.24) is 5.16 Å². The fourth-order valence-corrected chi connectivity index (χ4v) is 1.69. The monoisotopic (exact) mass is 246 g/mol. The van der Waals surface area contributed by atoms with Crippen LogP contribution in [0.3, 0.4) is 0 Å². The van der Waals surface area contributed by atoms with E-state index in [1.165, 1.54) is 0 Å². The quantitative estimate of drug-likeness (QED) is 0.881. The maximum absolute atomic E-state index is 5.95. The summed E-state index contributed by atoms with van der Waals surface area (Å²) in [4.78, 5) is 0. The third-order valence-corrected chi connectivity index (χ3v) is 2.81. The lowest BCUT2D eigenvalue weighted by molar-refractivity contribution is 0.287. The fraction of sp³-hybridized carbons (Fsp3) is 0.357. The molecule has 1 unspecified atom stereocenters. The molecule has 2 aromatic rings. The van der Waals surface area contributed by atoms with Crippen LogP contribution in [0.1, 0.15) is 36.4 Å². The summed E-state index contributed by atoms with van der Waals surface area (Å²) in [5, 5.41) is 3.87. The lowest BCUT2D eigenvalue weighted by Crippen LogP contribution is -2.08. The van der Waals surface area contributed by atoms with Gasteiger partial charge in [-0.05, 0) is 31.0 Å². The highest BCUT2D eigenvalue weighted by atomic mass is 16.5. The van der Waals surface area contributed by atoms with E-state index in [9.17, 15) is 0 Å². The Balaban J connectivity index is 1.94. The zero-order valence-electron chi connectivity index (χ0n) is 10.7. The van der Waals surface area contributed by atoms with Crippen LogP contribution in [0.25, 0.3) is 0 Å². The molecular weight excluding hydrogens is 228 g/mol. The minimum Gasteiger partial charge on any atom is -0.487 e. The molecule has 0 amide bonds. The van der Waals surface area contributed by atoms with Crippen molar-refractivity contribution in [3.8, 4) is 5.75 Å². The summed E-state index contributed by atoms with van der Waals surface area (Å²) in [7, 11) is 0. The van der Waals surface area contributed by atoms with Crippen LogP contribution in [0.4, 0.5) is 0 Å². The summed E-state index contributed by atoms with van der Waals surface area (Å²) in [5.41, 5.74) is 7.87. The van der Waals surface area contributed by atoms with Crippen LogP contribution >= 0.6 is 0 Å². The molecule has 2 rings (SSSR count). The molecule has 0 aliphatic rings. The second kappa shape index (κ2) is 5.69. The highest BCUT2D eigenvalue weighted by molar-refractivity contribution is 5.29. The van der Waals surface area contributed by atoms with E-state index < -0.39 is 0 Å². The number of nitrogens with zero attached hydrogens (tertiary/aromatic N) is 1. The van der Waals surface area contributed by atoms with E-state index in [-0.39, 0.29) is 6.04 Å². The second-order valence-electron chi connectivity index (χ2n) is 4.30. The van der Waals surface area contributed by atoms with Gasteiger partial charge in [-0.1, -0.05) is 24.2 Å². The number of hydrogen-bond acceptors (Lipinski definition) is 4. The molecule has 0 aliphatic carbocycles. The summed E-state index contributed by atoms with van der Waals surface area (Å²) in [6.07, 6.45) is 0.929. The van der Waals surface area contributed by atoms with Crippen molar-refractivity contribution in [2.45, 2.75) is 32.9 Å². The molecule has 0 radical (unpaired) electrons. The van der Waals surface area contributed by atoms with Crippen molar-refractivity contribution in [3.63, 3.8) is 0 Å². The highest BCUT2D eigenvalue weighted by Gasteiger charge is 2.04. The van der Waals surface area contributed by atoms with Crippen LogP contribution in [-0.2, 0) is 6.61 Å². The number of benzene rings is 1. The summed E-state index contributed by atoms with van der Waals surface area (Å²) in [5.74, 6) is 1.60. The van der Waals surface area contributed by atoms with Gasteiger partial charge < -0.3 is 15.0 Å². The van der Waals surface area contributed by atoms with Gasteiger partial charge in [-0.2, -0.15) is 0 Å². The smallest absolute Gasteiger partial charge is 0.134 e. The number of rotatable bonds is 5. The molecule has 96 valence electrons. The van der Waals surface area contributed by atoms with Crippen LogP contribution in [0.5, 0.6) is 5.75 Å². The number of hydrogen-bond donors (Lipinski definition) is 1. The van der Waals surface area contributed by atoms with Gasteiger partial charge in [0.15, 0.2) is 0 Å². The predicted molar refractivity (Wildman–Crippen MR) is 69.2 cm³/mol. The van der Waals surface area contributed by atoms with E-state index in [2.05, 4.69) is 12.1 Å². The highest BCUT2D eigenvalue weighted by Crippen LogP contribution is 2.19. The first-order valence-electron chi connectivity index (χ1n) is 6.09. The number of ether oxygens (including phenoxy) is 1. The largest absolute Gasteiger partial charge is 0.487 e. The lowest BCUT2D eigenvalue weighted by Gasteiger charge is -2.10. The minimum absolute atomic E-state index is 0.0947. The summed E-state index contributed by atoms with van der Waals surface area (Å²) in [6.45, 7) is 4.34. The van der Waals surface area contributed by atoms with Gasteiger partial charge in [0.25, 0.3) is 0 Å². The van der Waals surface area contributed by atoms with E-state index in [0.717, 1.165) is 29.2 Å². The zero-order chi connectivity index (χ0) is 13.0. The topological polar surface area (TPSA) is 61.3 Å². The first kappa shape index (κ1) is 12.6. The molecule has 0 fully saturated rings. The maximum Gasteiger partial charge on any atom is 0.134 e. The van der Waals surface area contributed by atoms with Gasteiger partial charge in [-0.15, -0.1) is 0 Å². The van der Waals surface area contributed by atoms with Crippen LogP contribution in [0.15, 0.2) is 34.9 Å². The molecule has 0 aliphatic heterocycles. The molecule has 1 aromatic heterocycles. The first-order chi connectivity index (χ1) is 8.69. The molecule has 0 spiro atoms. The molecule has 4 heteroatoms. The Kier molecular flexibility index (Phi) is 3.99. The van der Waals surface area contributed by atoms with Crippen molar-refractivity contribution in [2.24, 2.45) is 5.73 Å². The Morgan fingerprint density at radius 1 is 1.33 bits per heavy atom. The normalized spacial score (nSPS) is 12.4. The van der Waals surface area contributed by atoms with Crippen LogP contribution in [-0.4, -0.2) is 5.16 Å². The molecule has 1 aromatic carbocycles. The fourth-order valence-electron chi connectivity index (χ4n) is 1.69. The molecular formula is C14H18N2O2. The van der Waals surface area contributed by atoms with Gasteiger partial charge in [0.1, 0.15) is 23.8 Å². The standard InChI is InChI=1S/C14H18N2O2/c1-3-14(15)11-4-6-13(7-5-11)17-9-12-8-10(2)18-16-12/h4-8,14H,3,9,15H2,1-2H3. The zero-order valence-corrected chi connectivity index (χ0v) is 10.7. The number of nitrogens with two attached hydrogens (primary N) is 1. The predicted octanol–water partition coefficient (Wildman–Crippen LogP) is 2.97. The van der Waals surface area contributed by atoms with E-state index in [0.29, 0.717) is 6.61 Å². The third-order valence-electron chi connectivity index (χ3n) is 2.81. The molecule has 0 bridgehead atoms. The molecule has 2 N–H and O–H groups in total. The molecule has 0 saturated carbocycles. The molecule has 1 heterocycles. The van der Waals surface area contributed by atoms with Crippen molar-refractivity contribution >= 4 is 0 Å². The molecule has 1 atom stereocenters. The van der Waals surface area contributed by atoms with E-state index in [1.807, 2.05) is 37.3 Å². The van der Waals surface area contributed by atoms with Crippen LogP contribution in [0.2, 0.25) is 0 Å². The van der Waals surface area contributed by atoms with E-state index in [4.69, 9.17) is 15.0 Å². The van der Waals surface area contributed by atoms with Crippen LogP contribution < -0.4 is 10.5 Å². The Morgan fingerprint density at radius 3 is 2.61 bits per heavy atom. The number of aryl methyl sites for hydroxylation is 1. The van der Waals surface area contributed by atoms with Gasteiger partial charge in [-0.3, -0.25) is 0 Å². The Labute approximate surface area is 107 Å². The average molecular weight is 246 g/mol. The molecule has 4 nitrogen and oxygen atoms in total. The SMILES string of the molecule is CCC(N)c1ccc(OCc2cc(C)on2)cc1. The first-order valence-corrected chi connectivity index (χ1v) is 6.09. The third kappa shape index (κ3) is 3.11. The Bertz CT molecular complexity index is 491. The molecule has 0 saturated heterocycles. The summed E-state index contributed by atoms with van der Waals surface area (Å²) >= 11 is 0. The van der Waals surface area contributed by atoms with Gasteiger partial charge in [0.2, 0.25) is 0 Å². The van der Waals surface area contributed by atoms with Gasteiger partial charge in [0, 0.05) is 12.1 Å². The average Bonchev–Trinajstić information content (AvgIpc) is 2.82.